The molecule has 2 unspecified atom stereocenters. The predicted molar refractivity (Wildman–Crippen MR) is 44.8 cm³/mol. The summed E-state index contributed by atoms with van der Waals surface area (Å²) in [7, 11) is 2.46. The Balaban J connectivity index is 3.07. The molecule has 54 valence electrons. The maximum Gasteiger partial charge on any atom is 0.186 e. The lowest BCUT2D eigenvalue weighted by Crippen LogP contribution is -1.94. The number of benzene rings is 1. The fourth-order valence-electron chi connectivity index (χ4n) is 0.623. The van der Waals surface area contributed by atoms with Crippen LogP contribution in [0.5, 0.6) is 0 Å². The number of rotatable bonds is 1. The van der Waals surface area contributed by atoms with Crippen LogP contribution >= 0.6 is 9.24 Å². The van der Waals surface area contributed by atoms with E-state index in [4.69, 9.17) is 4.55 Å². The van der Waals surface area contributed by atoms with Gasteiger partial charge in [-0.3, -0.25) is 0 Å². The van der Waals surface area contributed by atoms with Crippen molar-refractivity contribution in [2.75, 3.05) is 0 Å². The third-order valence-corrected chi connectivity index (χ3v) is 2.08. The lowest BCUT2D eigenvalue weighted by atomic mass is 10.4. The molecule has 2 atom stereocenters. The van der Waals surface area contributed by atoms with E-state index >= 15 is 0 Å². The van der Waals surface area contributed by atoms with Gasteiger partial charge in [0.25, 0.3) is 0 Å². The molecule has 1 aromatic rings. The van der Waals surface area contributed by atoms with E-state index in [-0.39, 0.29) is 0 Å². The van der Waals surface area contributed by atoms with E-state index < -0.39 is 11.1 Å². The van der Waals surface area contributed by atoms with E-state index in [0.29, 0.717) is 4.90 Å². The maximum atomic E-state index is 10.5. The van der Waals surface area contributed by atoms with Crippen LogP contribution in [0.1, 0.15) is 0 Å². The van der Waals surface area contributed by atoms with Crippen molar-refractivity contribution in [2.45, 2.75) is 4.90 Å². The minimum absolute atomic E-state index is 0.438. The molecule has 2 nitrogen and oxygen atoms in total. The molecule has 0 amide bonds. The molecule has 0 saturated heterocycles. The Morgan fingerprint density at radius 2 is 2.20 bits per heavy atom. The number of hydrogen-bond acceptors (Lipinski definition) is 1. The molecule has 0 fully saturated rings. The molecule has 0 aliphatic heterocycles. The van der Waals surface area contributed by atoms with Crippen LogP contribution < -0.4 is 5.30 Å². The second kappa shape index (κ2) is 3.24. The molecule has 0 heterocycles. The molecular formula is C6H7O2PS. The lowest BCUT2D eigenvalue weighted by Gasteiger charge is -1.94. The Kier molecular flexibility index (Phi) is 2.55. The van der Waals surface area contributed by atoms with Gasteiger partial charge in [-0.2, -0.15) is 0 Å². The fraction of sp³-hybridized carbons (Fsp3) is 0. The molecule has 0 bridgehead atoms. The zero-order chi connectivity index (χ0) is 7.56. The highest BCUT2D eigenvalue weighted by molar-refractivity contribution is 7.79. The van der Waals surface area contributed by atoms with Gasteiger partial charge in [0.1, 0.15) is 0 Å². The topological polar surface area (TPSA) is 37.3 Å². The standard InChI is InChI=1S/C6H7O2PS/c7-10(8)6-3-1-2-5(9)4-6/h1-4H,9H2,(H,7,8). The van der Waals surface area contributed by atoms with E-state index in [1.807, 2.05) is 6.07 Å². The second-order valence-electron chi connectivity index (χ2n) is 1.82. The molecule has 0 saturated carbocycles. The first-order valence-corrected chi connectivity index (χ1v) is 4.35. The number of hydrogen-bond donors (Lipinski definition) is 1. The van der Waals surface area contributed by atoms with E-state index in [0.717, 1.165) is 5.30 Å². The predicted octanol–water partition coefficient (Wildman–Crippen LogP) is 0.768. The quantitative estimate of drug-likeness (QED) is 0.504. The zero-order valence-electron chi connectivity index (χ0n) is 5.15. The van der Waals surface area contributed by atoms with Crippen LogP contribution in [0.15, 0.2) is 29.2 Å². The molecule has 0 aliphatic carbocycles. The van der Waals surface area contributed by atoms with Gasteiger partial charge in [0.2, 0.25) is 0 Å². The van der Waals surface area contributed by atoms with Crippen LogP contribution in [0.2, 0.25) is 0 Å². The molecule has 1 rings (SSSR count). The Hall–Kier alpha value is -0.240. The highest BCUT2D eigenvalue weighted by Crippen LogP contribution is 2.02. The van der Waals surface area contributed by atoms with Crippen molar-refractivity contribution in [3.8, 4) is 0 Å². The van der Waals surface area contributed by atoms with Crippen LogP contribution in [0.3, 0.4) is 0 Å². The summed E-state index contributed by atoms with van der Waals surface area (Å²) in [6.07, 6.45) is 0. The van der Waals surface area contributed by atoms with Gasteiger partial charge in [0, 0.05) is 0 Å². The Labute approximate surface area is 64.1 Å². The van der Waals surface area contributed by atoms with Gasteiger partial charge in [-0.05, 0) is 17.4 Å². The first-order valence-electron chi connectivity index (χ1n) is 2.66. The molecule has 0 spiro atoms. The summed E-state index contributed by atoms with van der Waals surface area (Å²) in [5.74, 6) is 0. The van der Waals surface area contributed by atoms with Crippen molar-refractivity contribution in [2.24, 2.45) is 0 Å². The van der Waals surface area contributed by atoms with Gasteiger partial charge in [-0.15, -0.1) is 9.24 Å². The molecule has 1 N–H and O–H groups in total. The van der Waals surface area contributed by atoms with E-state index in [9.17, 15) is 4.21 Å². The normalized spacial score (nSPS) is 13.0. The molecule has 0 aromatic heterocycles. The fourth-order valence-corrected chi connectivity index (χ4v) is 1.47. The van der Waals surface area contributed by atoms with E-state index in [1.54, 1.807) is 18.2 Å². The Morgan fingerprint density at radius 3 is 2.60 bits per heavy atom. The van der Waals surface area contributed by atoms with Gasteiger partial charge in [-0.1, -0.05) is 12.1 Å². The molecule has 4 heteroatoms. The zero-order valence-corrected chi connectivity index (χ0v) is 7.12. The van der Waals surface area contributed by atoms with Crippen LogP contribution in [-0.2, 0) is 11.1 Å². The first-order chi connectivity index (χ1) is 4.70. The smallest absolute Gasteiger partial charge is 0.186 e. The molecule has 0 aliphatic rings. The van der Waals surface area contributed by atoms with Gasteiger partial charge < -0.3 is 4.55 Å². The van der Waals surface area contributed by atoms with Gasteiger partial charge in [0.15, 0.2) is 11.1 Å². The van der Waals surface area contributed by atoms with Crippen molar-refractivity contribution in [3.63, 3.8) is 0 Å². The van der Waals surface area contributed by atoms with Gasteiger partial charge in [-0.25, -0.2) is 4.21 Å². The maximum absolute atomic E-state index is 10.5. The summed E-state index contributed by atoms with van der Waals surface area (Å²) < 4.78 is 19.1. The highest BCUT2D eigenvalue weighted by Gasteiger charge is 1.96. The minimum Gasteiger partial charge on any atom is -0.302 e. The molecular weight excluding hydrogens is 167 g/mol. The summed E-state index contributed by atoms with van der Waals surface area (Å²) in [4.78, 5) is 0.438. The van der Waals surface area contributed by atoms with E-state index in [1.165, 1.54) is 0 Å². The van der Waals surface area contributed by atoms with Crippen molar-refractivity contribution in [1.29, 1.82) is 0 Å². The summed E-state index contributed by atoms with van der Waals surface area (Å²) >= 11 is -1.85. The summed E-state index contributed by atoms with van der Waals surface area (Å²) in [5, 5.41) is 0.917. The monoisotopic (exact) mass is 174 g/mol. The molecule has 1 aromatic carbocycles. The lowest BCUT2D eigenvalue weighted by molar-refractivity contribution is 0.564. The van der Waals surface area contributed by atoms with E-state index in [2.05, 4.69) is 9.24 Å². The average Bonchev–Trinajstić information content (AvgIpc) is 1.88. The van der Waals surface area contributed by atoms with Crippen LogP contribution in [0.4, 0.5) is 0 Å². The molecule has 10 heavy (non-hydrogen) atoms. The largest absolute Gasteiger partial charge is 0.302 e. The summed E-state index contributed by atoms with van der Waals surface area (Å²) in [6.45, 7) is 0. The SMILES string of the molecule is O=S(O)c1cccc(P)c1. The second-order valence-corrected chi connectivity index (χ2v) is 3.46. The summed E-state index contributed by atoms with van der Waals surface area (Å²) in [5.41, 5.74) is 0. The van der Waals surface area contributed by atoms with Crippen LogP contribution in [0.25, 0.3) is 0 Å². The Bertz CT molecular complexity index is 262. The third kappa shape index (κ3) is 1.87. The van der Waals surface area contributed by atoms with Crippen LogP contribution in [-0.4, -0.2) is 8.76 Å². The van der Waals surface area contributed by atoms with Crippen molar-refractivity contribution < 1.29 is 8.76 Å². The minimum atomic E-state index is -1.85. The highest BCUT2D eigenvalue weighted by atomic mass is 32.2. The third-order valence-electron chi connectivity index (χ3n) is 1.06. The first kappa shape index (κ1) is 7.86. The Morgan fingerprint density at radius 1 is 1.50 bits per heavy atom. The summed E-state index contributed by atoms with van der Waals surface area (Å²) in [6, 6.07) is 6.86. The van der Waals surface area contributed by atoms with Crippen LogP contribution in [0, 0.1) is 0 Å². The van der Waals surface area contributed by atoms with Gasteiger partial charge >= 0.3 is 0 Å². The molecule has 0 radical (unpaired) electrons. The average molecular weight is 174 g/mol. The van der Waals surface area contributed by atoms with Crippen molar-refractivity contribution in [3.05, 3.63) is 24.3 Å². The van der Waals surface area contributed by atoms with Crippen molar-refractivity contribution >= 4 is 25.6 Å². The van der Waals surface area contributed by atoms with Gasteiger partial charge in [0.05, 0.1) is 4.90 Å². The van der Waals surface area contributed by atoms with Crippen molar-refractivity contribution in [1.82, 2.24) is 0 Å².